The molecule has 5 nitrogen and oxygen atoms in total. The van der Waals surface area contributed by atoms with E-state index in [1.165, 1.54) is 16.8 Å². The van der Waals surface area contributed by atoms with Crippen LogP contribution < -0.4 is 5.32 Å². The largest absolute Gasteiger partial charge is 0.315 e. The van der Waals surface area contributed by atoms with Gasteiger partial charge < -0.3 is 5.32 Å². The van der Waals surface area contributed by atoms with E-state index in [2.05, 4.69) is 20.5 Å². The third-order valence-corrected chi connectivity index (χ3v) is 3.53. The molecule has 1 aromatic heterocycles. The van der Waals surface area contributed by atoms with E-state index in [0.717, 1.165) is 44.4 Å². The summed E-state index contributed by atoms with van der Waals surface area (Å²) >= 11 is 0. The fourth-order valence-corrected chi connectivity index (χ4v) is 2.53. The molecule has 0 aliphatic carbocycles. The summed E-state index contributed by atoms with van der Waals surface area (Å²) in [5.74, 6) is -1.24. The predicted molar refractivity (Wildman–Crippen MR) is 74.0 cm³/mol. The molecular weight excluding hydrogens is 276 g/mol. The van der Waals surface area contributed by atoms with Crippen molar-refractivity contribution in [1.29, 1.82) is 0 Å². The lowest BCUT2D eigenvalue weighted by Crippen LogP contribution is -2.28. The van der Waals surface area contributed by atoms with Gasteiger partial charge in [0.05, 0.1) is 17.6 Å². The highest BCUT2D eigenvalue weighted by molar-refractivity contribution is 5.33. The molecule has 1 fully saturated rings. The van der Waals surface area contributed by atoms with Crippen LogP contribution in [-0.4, -0.2) is 46.1 Å². The Hall–Kier alpha value is -1.86. The predicted octanol–water partition coefficient (Wildman–Crippen LogP) is 1.34. The van der Waals surface area contributed by atoms with Crippen molar-refractivity contribution in [1.82, 2.24) is 25.2 Å². The monoisotopic (exact) mass is 293 g/mol. The molecule has 0 spiro atoms. The maximum absolute atomic E-state index is 13.3. The van der Waals surface area contributed by atoms with Crippen LogP contribution in [0.15, 0.2) is 24.4 Å². The topological polar surface area (TPSA) is 46.0 Å². The molecule has 0 radical (unpaired) electrons. The summed E-state index contributed by atoms with van der Waals surface area (Å²) in [5.41, 5.74) is 1.18. The van der Waals surface area contributed by atoms with Crippen molar-refractivity contribution >= 4 is 0 Å². The van der Waals surface area contributed by atoms with E-state index < -0.39 is 11.6 Å². The second-order valence-electron chi connectivity index (χ2n) is 5.14. The van der Waals surface area contributed by atoms with Gasteiger partial charge in [-0.15, -0.1) is 5.10 Å². The third-order valence-electron chi connectivity index (χ3n) is 3.53. The van der Waals surface area contributed by atoms with Crippen LogP contribution in [0.2, 0.25) is 0 Å². The molecule has 0 unspecified atom stereocenters. The van der Waals surface area contributed by atoms with E-state index >= 15 is 0 Å². The van der Waals surface area contributed by atoms with Crippen LogP contribution in [-0.2, 0) is 6.54 Å². The highest BCUT2D eigenvalue weighted by Crippen LogP contribution is 2.15. The maximum atomic E-state index is 13.3. The van der Waals surface area contributed by atoms with Gasteiger partial charge in [-0.1, -0.05) is 5.21 Å². The van der Waals surface area contributed by atoms with Gasteiger partial charge in [0.25, 0.3) is 0 Å². The molecule has 1 aromatic carbocycles. The molecule has 3 rings (SSSR count). The Bertz CT molecular complexity index is 585. The molecule has 0 amide bonds. The zero-order chi connectivity index (χ0) is 14.7. The van der Waals surface area contributed by atoms with Crippen LogP contribution in [0.5, 0.6) is 0 Å². The SMILES string of the molecule is Fc1cc(F)cc(-n2nncc2CN2CCCNCC2)c1. The summed E-state index contributed by atoms with van der Waals surface area (Å²) in [6, 6.07) is 3.36. The van der Waals surface area contributed by atoms with Crippen LogP contribution in [0.4, 0.5) is 8.78 Å². The van der Waals surface area contributed by atoms with Crippen molar-refractivity contribution in [2.24, 2.45) is 0 Å². The molecule has 2 heterocycles. The Morgan fingerprint density at radius 2 is 1.90 bits per heavy atom. The molecule has 0 saturated carbocycles. The minimum absolute atomic E-state index is 0.355. The molecule has 112 valence electrons. The molecule has 1 N–H and O–H groups in total. The van der Waals surface area contributed by atoms with Crippen molar-refractivity contribution < 1.29 is 8.78 Å². The summed E-state index contributed by atoms with van der Waals surface area (Å²) in [4.78, 5) is 2.28. The van der Waals surface area contributed by atoms with Gasteiger partial charge in [-0.05, 0) is 31.6 Å². The highest BCUT2D eigenvalue weighted by Gasteiger charge is 2.14. The van der Waals surface area contributed by atoms with Crippen LogP contribution >= 0.6 is 0 Å². The van der Waals surface area contributed by atoms with Gasteiger partial charge in [0, 0.05) is 25.7 Å². The van der Waals surface area contributed by atoms with Gasteiger partial charge in [0.1, 0.15) is 11.6 Å². The number of nitrogens with zero attached hydrogens (tertiary/aromatic N) is 4. The molecule has 1 aliphatic heterocycles. The summed E-state index contributed by atoms with van der Waals surface area (Å²) in [5, 5.41) is 11.2. The van der Waals surface area contributed by atoms with Gasteiger partial charge in [-0.2, -0.15) is 0 Å². The van der Waals surface area contributed by atoms with E-state index in [9.17, 15) is 8.78 Å². The van der Waals surface area contributed by atoms with Gasteiger partial charge in [-0.3, -0.25) is 4.90 Å². The zero-order valence-corrected chi connectivity index (χ0v) is 11.6. The van der Waals surface area contributed by atoms with Crippen molar-refractivity contribution in [3.05, 3.63) is 41.7 Å². The first kappa shape index (κ1) is 14.1. The fraction of sp³-hybridized carbons (Fsp3) is 0.429. The van der Waals surface area contributed by atoms with Gasteiger partial charge in [-0.25, -0.2) is 13.5 Å². The highest BCUT2D eigenvalue weighted by atomic mass is 19.1. The normalized spacial score (nSPS) is 16.9. The first-order valence-electron chi connectivity index (χ1n) is 7.01. The molecule has 0 atom stereocenters. The van der Waals surface area contributed by atoms with Crippen LogP contribution in [0.25, 0.3) is 5.69 Å². The van der Waals surface area contributed by atoms with E-state index in [1.807, 2.05) is 0 Å². The van der Waals surface area contributed by atoms with E-state index in [4.69, 9.17) is 0 Å². The molecular formula is C14H17F2N5. The Labute approximate surface area is 121 Å². The smallest absolute Gasteiger partial charge is 0.128 e. The number of aromatic nitrogens is 3. The second kappa shape index (κ2) is 6.28. The van der Waals surface area contributed by atoms with Gasteiger partial charge >= 0.3 is 0 Å². The molecule has 1 aliphatic rings. The van der Waals surface area contributed by atoms with Gasteiger partial charge in [0.15, 0.2) is 0 Å². The van der Waals surface area contributed by atoms with Gasteiger partial charge in [0.2, 0.25) is 0 Å². The van der Waals surface area contributed by atoms with Crippen molar-refractivity contribution in [2.75, 3.05) is 26.2 Å². The Kier molecular flexibility index (Phi) is 4.21. The number of hydrogen-bond acceptors (Lipinski definition) is 4. The quantitative estimate of drug-likeness (QED) is 0.927. The first-order chi connectivity index (χ1) is 10.2. The first-order valence-corrected chi connectivity index (χ1v) is 7.01. The molecule has 1 saturated heterocycles. The average molecular weight is 293 g/mol. The third kappa shape index (κ3) is 3.43. The lowest BCUT2D eigenvalue weighted by atomic mass is 10.3. The molecule has 7 heteroatoms. The lowest BCUT2D eigenvalue weighted by molar-refractivity contribution is 0.278. The Morgan fingerprint density at radius 1 is 1.10 bits per heavy atom. The number of hydrogen-bond donors (Lipinski definition) is 1. The Morgan fingerprint density at radius 3 is 2.71 bits per heavy atom. The van der Waals surface area contributed by atoms with E-state index in [-0.39, 0.29) is 0 Å². The van der Waals surface area contributed by atoms with Crippen molar-refractivity contribution in [2.45, 2.75) is 13.0 Å². The summed E-state index contributed by atoms with van der Waals surface area (Å²) in [7, 11) is 0. The average Bonchev–Trinajstić information content (AvgIpc) is 2.73. The van der Waals surface area contributed by atoms with Crippen LogP contribution in [0, 0.1) is 11.6 Å². The van der Waals surface area contributed by atoms with Crippen molar-refractivity contribution in [3.63, 3.8) is 0 Å². The van der Waals surface area contributed by atoms with E-state index in [0.29, 0.717) is 12.2 Å². The fourth-order valence-electron chi connectivity index (χ4n) is 2.53. The number of halogens is 2. The summed E-state index contributed by atoms with van der Waals surface area (Å²) in [6.45, 7) is 4.53. The van der Waals surface area contributed by atoms with Crippen LogP contribution in [0.3, 0.4) is 0 Å². The van der Waals surface area contributed by atoms with Crippen LogP contribution in [0.1, 0.15) is 12.1 Å². The minimum Gasteiger partial charge on any atom is -0.315 e. The summed E-state index contributed by atoms with van der Waals surface area (Å²) < 4.78 is 28.2. The molecule has 21 heavy (non-hydrogen) atoms. The minimum atomic E-state index is -0.620. The number of benzene rings is 1. The number of nitrogens with one attached hydrogen (secondary N) is 1. The maximum Gasteiger partial charge on any atom is 0.128 e. The Balaban J connectivity index is 1.83. The second-order valence-corrected chi connectivity index (χ2v) is 5.14. The molecule has 2 aromatic rings. The number of rotatable bonds is 3. The standard InChI is InChI=1S/C14H17F2N5/c15-11-6-12(16)8-13(7-11)21-14(9-18-19-21)10-20-4-1-2-17-3-5-20/h6-9,17H,1-5,10H2. The van der Waals surface area contributed by atoms with E-state index in [1.54, 1.807) is 6.20 Å². The summed E-state index contributed by atoms with van der Waals surface area (Å²) in [6.07, 6.45) is 2.72. The zero-order valence-electron chi connectivity index (χ0n) is 11.6. The lowest BCUT2D eigenvalue weighted by Gasteiger charge is -2.19. The molecule has 0 bridgehead atoms. The van der Waals surface area contributed by atoms with Crippen molar-refractivity contribution in [3.8, 4) is 5.69 Å².